The highest BCUT2D eigenvalue weighted by Crippen LogP contribution is 2.20. The maximum absolute atomic E-state index is 13.5. The van der Waals surface area contributed by atoms with Crippen LogP contribution >= 0.6 is 0 Å². The number of hydrogen-bond acceptors (Lipinski definition) is 4. The molecule has 0 aromatic heterocycles. The van der Waals surface area contributed by atoms with Crippen LogP contribution in [-0.2, 0) is 22.6 Å². The van der Waals surface area contributed by atoms with E-state index in [2.05, 4.69) is 5.32 Å². The van der Waals surface area contributed by atoms with E-state index in [1.165, 1.54) is 0 Å². The smallest absolute Gasteiger partial charge is 0.261 e. The van der Waals surface area contributed by atoms with Crippen molar-refractivity contribution >= 4 is 11.8 Å². The van der Waals surface area contributed by atoms with Gasteiger partial charge >= 0.3 is 0 Å². The van der Waals surface area contributed by atoms with Gasteiger partial charge in [0.05, 0.1) is 7.11 Å². The second kappa shape index (κ2) is 12.4. The van der Waals surface area contributed by atoms with Crippen LogP contribution in [0.3, 0.4) is 0 Å². The number of benzene rings is 3. The molecule has 1 atom stereocenters. The molecule has 2 amide bonds. The van der Waals surface area contributed by atoms with E-state index in [0.29, 0.717) is 24.5 Å². The highest BCUT2D eigenvalue weighted by molar-refractivity contribution is 5.88. The van der Waals surface area contributed by atoms with E-state index in [1.807, 2.05) is 92.7 Å². The fourth-order valence-electron chi connectivity index (χ4n) is 3.75. The van der Waals surface area contributed by atoms with Crippen molar-refractivity contribution < 1.29 is 19.1 Å². The Bertz CT molecular complexity index is 1080. The number of rotatable bonds is 11. The Labute approximate surface area is 201 Å². The average molecular weight is 461 g/mol. The SMILES string of the molecule is CCNC(=O)C(Cc1ccccc1)N(Cc1cccc(OC)c1)C(=O)COc1ccccc1C. The molecule has 0 bridgehead atoms. The largest absolute Gasteiger partial charge is 0.497 e. The van der Waals surface area contributed by atoms with E-state index >= 15 is 0 Å². The minimum atomic E-state index is -0.693. The predicted octanol–water partition coefficient (Wildman–Crippen LogP) is 4.16. The lowest BCUT2D eigenvalue weighted by Crippen LogP contribution is -2.51. The Morgan fingerprint density at radius 1 is 0.941 bits per heavy atom. The van der Waals surface area contributed by atoms with Crippen LogP contribution in [0, 0.1) is 6.92 Å². The van der Waals surface area contributed by atoms with Crippen LogP contribution in [0.15, 0.2) is 78.9 Å². The van der Waals surface area contributed by atoms with Gasteiger partial charge in [-0.2, -0.15) is 0 Å². The number of para-hydroxylation sites is 1. The molecule has 0 aliphatic rings. The van der Waals surface area contributed by atoms with Gasteiger partial charge in [0.15, 0.2) is 6.61 Å². The molecule has 1 N–H and O–H groups in total. The summed E-state index contributed by atoms with van der Waals surface area (Å²) in [5.74, 6) is 0.880. The number of methoxy groups -OCH3 is 1. The molecule has 3 aromatic rings. The lowest BCUT2D eigenvalue weighted by Gasteiger charge is -2.31. The summed E-state index contributed by atoms with van der Waals surface area (Å²) in [5, 5.41) is 2.89. The molecule has 0 spiro atoms. The van der Waals surface area contributed by atoms with Crippen LogP contribution in [0.4, 0.5) is 0 Å². The fraction of sp³-hybridized carbons (Fsp3) is 0.286. The molecule has 0 heterocycles. The van der Waals surface area contributed by atoms with Crippen molar-refractivity contribution in [3.63, 3.8) is 0 Å². The highest BCUT2D eigenvalue weighted by atomic mass is 16.5. The van der Waals surface area contributed by atoms with Gasteiger partial charge in [-0.25, -0.2) is 0 Å². The molecule has 3 aromatic carbocycles. The topological polar surface area (TPSA) is 67.9 Å². The Balaban J connectivity index is 1.91. The average Bonchev–Trinajstić information content (AvgIpc) is 2.86. The monoisotopic (exact) mass is 460 g/mol. The molecule has 1 unspecified atom stereocenters. The minimum absolute atomic E-state index is 0.167. The zero-order valence-electron chi connectivity index (χ0n) is 20.0. The molecule has 178 valence electrons. The number of nitrogens with zero attached hydrogens (tertiary/aromatic N) is 1. The van der Waals surface area contributed by atoms with Crippen molar-refractivity contribution in [1.29, 1.82) is 0 Å². The van der Waals surface area contributed by atoms with Gasteiger partial charge < -0.3 is 19.7 Å². The Morgan fingerprint density at radius 2 is 1.65 bits per heavy atom. The van der Waals surface area contributed by atoms with Crippen LogP contribution in [0.1, 0.15) is 23.6 Å². The number of likely N-dealkylation sites (N-methyl/N-ethyl adjacent to an activating group) is 1. The van der Waals surface area contributed by atoms with Crippen molar-refractivity contribution in [3.05, 3.63) is 95.6 Å². The number of hydrogen-bond donors (Lipinski definition) is 1. The van der Waals surface area contributed by atoms with Crippen molar-refractivity contribution in [2.24, 2.45) is 0 Å². The van der Waals surface area contributed by atoms with Crippen LogP contribution in [-0.4, -0.2) is 43.0 Å². The molecule has 6 nitrogen and oxygen atoms in total. The zero-order chi connectivity index (χ0) is 24.3. The van der Waals surface area contributed by atoms with Crippen LogP contribution in [0.2, 0.25) is 0 Å². The predicted molar refractivity (Wildman–Crippen MR) is 133 cm³/mol. The first-order chi connectivity index (χ1) is 16.5. The second-order valence-electron chi connectivity index (χ2n) is 8.03. The standard InChI is InChI=1S/C28H32N2O4/c1-4-29-28(32)25(18-22-12-6-5-7-13-22)30(19-23-14-10-15-24(17-23)33-3)27(31)20-34-26-16-9-8-11-21(26)2/h5-17,25H,4,18-20H2,1-3H3,(H,29,32). The van der Waals surface area contributed by atoms with Crippen molar-refractivity contribution in [1.82, 2.24) is 10.2 Å². The molecule has 0 saturated carbocycles. The summed E-state index contributed by atoms with van der Waals surface area (Å²) in [6.07, 6.45) is 0.396. The van der Waals surface area contributed by atoms with E-state index in [4.69, 9.17) is 9.47 Å². The van der Waals surface area contributed by atoms with Gasteiger partial charge in [0.2, 0.25) is 5.91 Å². The summed E-state index contributed by atoms with van der Waals surface area (Å²) in [5.41, 5.74) is 2.78. The quantitative estimate of drug-likeness (QED) is 0.467. The molecule has 3 rings (SSSR count). The summed E-state index contributed by atoms with van der Waals surface area (Å²) in [6, 6.07) is 24.1. The molecule has 34 heavy (non-hydrogen) atoms. The third-order valence-electron chi connectivity index (χ3n) is 5.55. The second-order valence-corrected chi connectivity index (χ2v) is 8.03. The van der Waals surface area contributed by atoms with Crippen molar-refractivity contribution in [3.8, 4) is 11.5 Å². The summed E-state index contributed by atoms with van der Waals surface area (Å²) < 4.78 is 11.2. The summed E-state index contributed by atoms with van der Waals surface area (Å²) in [4.78, 5) is 28.3. The van der Waals surface area contributed by atoms with E-state index in [1.54, 1.807) is 12.0 Å². The van der Waals surface area contributed by atoms with E-state index < -0.39 is 6.04 Å². The van der Waals surface area contributed by atoms with Gasteiger partial charge in [-0.15, -0.1) is 0 Å². The first-order valence-electron chi connectivity index (χ1n) is 11.4. The summed E-state index contributed by atoms with van der Waals surface area (Å²) >= 11 is 0. The van der Waals surface area contributed by atoms with E-state index in [-0.39, 0.29) is 25.0 Å². The Morgan fingerprint density at radius 3 is 2.35 bits per heavy atom. The van der Waals surface area contributed by atoms with E-state index in [0.717, 1.165) is 16.7 Å². The number of ether oxygens (including phenoxy) is 2. The van der Waals surface area contributed by atoms with Crippen molar-refractivity contribution in [2.75, 3.05) is 20.3 Å². The molecule has 0 saturated heterocycles. The van der Waals surface area contributed by atoms with Gasteiger partial charge in [-0.3, -0.25) is 9.59 Å². The third kappa shape index (κ3) is 6.85. The van der Waals surface area contributed by atoms with Gasteiger partial charge in [0.25, 0.3) is 5.91 Å². The lowest BCUT2D eigenvalue weighted by atomic mass is 10.0. The number of nitrogens with one attached hydrogen (secondary N) is 1. The lowest BCUT2D eigenvalue weighted by molar-refractivity contribution is -0.142. The van der Waals surface area contributed by atoms with Gasteiger partial charge in [-0.1, -0.05) is 60.7 Å². The minimum Gasteiger partial charge on any atom is -0.497 e. The van der Waals surface area contributed by atoms with Crippen LogP contribution < -0.4 is 14.8 Å². The van der Waals surface area contributed by atoms with Gasteiger partial charge in [0, 0.05) is 19.5 Å². The summed E-state index contributed by atoms with van der Waals surface area (Å²) in [7, 11) is 1.60. The molecule has 6 heteroatoms. The molecule has 0 aliphatic heterocycles. The molecule has 0 aliphatic carbocycles. The number of aryl methyl sites for hydroxylation is 1. The fourth-order valence-corrected chi connectivity index (χ4v) is 3.75. The number of carbonyl (C=O) groups is 2. The zero-order valence-corrected chi connectivity index (χ0v) is 20.0. The normalized spacial score (nSPS) is 11.4. The molecule has 0 radical (unpaired) electrons. The third-order valence-corrected chi connectivity index (χ3v) is 5.55. The maximum atomic E-state index is 13.5. The number of carbonyl (C=O) groups excluding carboxylic acids is 2. The molecule has 0 fully saturated rings. The Kier molecular flexibility index (Phi) is 9.09. The van der Waals surface area contributed by atoms with E-state index in [9.17, 15) is 9.59 Å². The highest BCUT2D eigenvalue weighted by Gasteiger charge is 2.30. The number of amides is 2. The molecular weight excluding hydrogens is 428 g/mol. The van der Waals surface area contributed by atoms with Crippen LogP contribution in [0.25, 0.3) is 0 Å². The summed E-state index contributed by atoms with van der Waals surface area (Å²) in [6.45, 7) is 4.36. The first kappa shape index (κ1) is 24.8. The Hall–Kier alpha value is -3.80. The first-order valence-corrected chi connectivity index (χ1v) is 11.4. The van der Waals surface area contributed by atoms with Gasteiger partial charge in [0.1, 0.15) is 17.5 Å². The van der Waals surface area contributed by atoms with Gasteiger partial charge in [-0.05, 0) is 48.7 Å². The van der Waals surface area contributed by atoms with Crippen LogP contribution in [0.5, 0.6) is 11.5 Å². The maximum Gasteiger partial charge on any atom is 0.261 e. The molecular formula is C28H32N2O4. The van der Waals surface area contributed by atoms with Crippen molar-refractivity contribution in [2.45, 2.75) is 32.9 Å².